The first-order chi connectivity index (χ1) is 10.2. The van der Waals surface area contributed by atoms with E-state index >= 15 is 0 Å². The molecule has 2 aliphatic rings. The maximum Gasteiger partial charge on any atom is 0.307 e. The van der Waals surface area contributed by atoms with Crippen molar-refractivity contribution in [3.05, 3.63) is 12.2 Å². The number of unbranched alkanes of at least 4 members (excludes halogenated alkanes) is 1. The first kappa shape index (κ1) is 16.5. The van der Waals surface area contributed by atoms with Crippen molar-refractivity contribution in [1.82, 2.24) is 4.90 Å². The number of carbonyl (C=O) groups excluding carboxylic acids is 1. The molecule has 0 bridgehead atoms. The maximum absolute atomic E-state index is 12.1. The zero-order valence-corrected chi connectivity index (χ0v) is 13.8. The van der Waals surface area contributed by atoms with E-state index in [0.717, 1.165) is 19.5 Å². The van der Waals surface area contributed by atoms with Gasteiger partial charge in [0.05, 0.1) is 13.0 Å². The monoisotopic (exact) mass is 293 g/mol. The van der Waals surface area contributed by atoms with Gasteiger partial charge < -0.3 is 4.74 Å². The van der Waals surface area contributed by atoms with Crippen LogP contribution in [0, 0.1) is 5.41 Å². The summed E-state index contributed by atoms with van der Waals surface area (Å²) in [5.74, 6) is -0.0140. The number of nitrogens with zero attached hydrogens (tertiary/aromatic N) is 1. The number of esters is 1. The van der Waals surface area contributed by atoms with E-state index in [-0.39, 0.29) is 5.97 Å². The minimum Gasteiger partial charge on any atom is -0.466 e. The molecule has 2 unspecified atom stereocenters. The molecule has 2 rings (SSSR count). The lowest BCUT2D eigenvalue weighted by atomic mass is 9.65. The van der Waals surface area contributed by atoms with E-state index in [1.165, 1.54) is 38.5 Å². The molecule has 1 aliphatic heterocycles. The van der Waals surface area contributed by atoms with E-state index < -0.39 is 0 Å². The molecule has 0 aromatic rings. The highest BCUT2D eigenvalue weighted by molar-refractivity contribution is 5.70. The summed E-state index contributed by atoms with van der Waals surface area (Å²) in [6, 6.07) is 0.377. The predicted molar refractivity (Wildman–Crippen MR) is 86.2 cm³/mol. The number of rotatable bonds is 6. The van der Waals surface area contributed by atoms with Crippen molar-refractivity contribution in [2.45, 2.75) is 71.3 Å². The average Bonchev–Trinajstić information content (AvgIpc) is 2.49. The summed E-state index contributed by atoms with van der Waals surface area (Å²) in [6.45, 7) is 6.91. The summed E-state index contributed by atoms with van der Waals surface area (Å²) in [5.41, 5.74) is 0.313. The lowest BCUT2D eigenvalue weighted by Gasteiger charge is -2.51. The fourth-order valence-corrected chi connectivity index (χ4v) is 4.13. The molecule has 1 fully saturated rings. The van der Waals surface area contributed by atoms with Crippen molar-refractivity contribution in [1.29, 1.82) is 0 Å². The second kappa shape index (κ2) is 7.98. The summed E-state index contributed by atoms with van der Waals surface area (Å²) in [5, 5.41) is 0. The third-order valence-corrected chi connectivity index (χ3v) is 5.23. The number of hydrogen-bond donors (Lipinski definition) is 0. The molecule has 1 heterocycles. The molecular weight excluding hydrogens is 262 g/mol. The Hall–Kier alpha value is -0.830. The minimum absolute atomic E-state index is 0.0140. The molecule has 3 nitrogen and oxygen atoms in total. The Balaban J connectivity index is 2.12. The normalized spacial score (nSPS) is 29.7. The molecular formula is C18H31NO2. The van der Waals surface area contributed by atoms with Gasteiger partial charge in [-0.15, -0.1) is 0 Å². The van der Waals surface area contributed by atoms with Gasteiger partial charge in [-0.05, 0) is 64.0 Å². The van der Waals surface area contributed by atoms with Crippen molar-refractivity contribution in [3.63, 3.8) is 0 Å². The van der Waals surface area contributed by atoms with Crippen LogP contribution in [-0.2, 0) is 9.53 Å². The van der Waals surface area contributed by atoms with Crippen molar-refractivity contribution < 1.29 is 9.53 Å². The number of ether oxygens (including phenoxy) is 1. The summed E-state index contributed by atoms with van der Waals surface area (Å²) in [6.07, 6.45) is 13.7. The average molecular weight is 293 g/mol. The molecule has 1 spiro atoms. The molecule has 120 valence electrons. The largest absolute Gasteiger partial charge is 0.466 e. The SMILES string of the molecule is CCCCN1CCCC2(CC=CCC2)C1CC(=O)OCC. The van der Waals surface area contributed by atoms with Crippen LogP contribution in [-0.4, -0.2) is 36.6 Å². The van der Waals surface area contributed by atoms with E-state index in [0.29, 0.717) is 24.5 Å². The molecule has 0 N–H and O–H groups in total. The molecule has 0 aromatic carbocycles. The Morgan fingerprint density at radius 1 is 1.33 bits per heavy atom. The highest BCUT2D eigenvalue weighted by Gasteiger charge is 2.44. The smallest absolute Gasteiger partial charge is 0.307 e. The van der Waals surface area contributed by atoms with E-state index in [1.54, 1.807) is 0 Å². The van der Waals surface area contributed by atoms with Crippen LogP contribution in [0.3, 0.4) is 0 Å². The standard InChI is InChI=1S/C18H31NO2/c1-3-5-13-19-14-9-12-18(10-7-6-8-11-18)16(19)15-17(20)21-4-2/h6-7,16H,3-5,8-15H2,1-2H3. The fraction of sp³-hybridized carbons (Fsp3) is 0.833. The Bertz CT molecular complexity index is 366. The predicted octanol–water partition coefficient (Wildman–Crippen LogP) is 3.93. The van der Waals surface area contributed by atoms with Crippen LogP contribution >= 0.6 is 0 Å². The van der Waals surface area contributed by atoms with E-state index in [4.69, 9.17) is 4.74 Å². The highest BCUT2D eigenvalue weighted by Crippen LogP contribution is 2.46. The van der Waals surface area contributed by atoms with Gasteiger partial charge in [-0.3, -0.25) is 9.69 Å². The maximum atomic E-state index is 12.1. The molecule has 3 heteroatoms. The van der Waals surface area contributed by atoms with Crippen molar-refractivity contribution in [2.24, 2.45) is 5.41 Å². The van der Waals surface area contributed by atoms with Crippen LogP contribution in [0.2, 0.25) is 0 Å². The molecule has 0 radical (unpaired) electrons. The van der Waals surface area contributed by atoms with Crippen LogP contribution < -0.4 is 0 Å². The molecule has 2 atom stereocenters. The van der Waals surface area contributed by atoms with Gasteiger partial charge in [0.2, 0.25) is 0 Å². The van der Waals surface area contributed by atoms with Crippen LogP contribution in [0.1, 0.15) is 65.2 Å². The topological polar surface area (TPSA) is 29.5 Å². The number of hydrogen-bond acceptors (Lipinski definition) is 3. The fourth-order valence-electron chi connectivity index (χ4n) is 4.13. The number of allylic oxidation sites excluding steroid dienone is 2. The first-order valence-electron chi connectivity index (χ1n) is 8.76. The van der Waals surface area contributed by atoms with Gasteiger partial charge in [0, 0.05) is 6.04 Å². The van der Waals surface area contributed by atoms with Crippen LogP contribution in [0.15, 0.2) is 12.2 Å². The van der Waals surface area contributed by atoms with Gasteiger partial charge in [-0.2, -0.15) is 0 Å². The van der Waals surface area contributed by atoms with Gasteiger partial charge >= 0.3 is 5.97 Å². The Kier molecular flexibility index (Phi) is 6.28. The summed E-state index contributed by atoms with van der Waals surface area (Å²) >= 11 is 0. The number of piperidine rings is 1. The van der Waals surface area contributed by atoms with Crippen molar-refractivity contribution in [3.8, 4) is 0 Å². The molecule has 21 heavy (non-hydrogen) atoms. The van der Waals surface area contributed by atoms with Crippen molar-refractivity contribution >= 4 is 5.97 Å². The van der Waals surface area contributed by atoms with E-state index in [9.17, 15) is 4.79 Å². The summed E-state index contributed by atoms with van der Waals surface area (Å²) < 4.78 is 5.25. The van der Waals surface area contributed by atoms with Crippen LogP contribution in [0.5, 0.6) is 0 Å². The van der Waals surface area contributed by atoms with Gasteiger partial charge in [-0.1, -0.05) is 25.5 Å². The Labute approximate surface area is 129 Å². The Morgan fingerprint density at radius 2 is 2.19 bits per heavy atom. The number of carbonyl (C=O) groups is 1. The lowest BCUT2D eigenvalue weighted by molar-refractivity contribution is -0.147. The van der Waals surface area contributed by atoms with Crippen LogP contribution in [0.4, 0.5) is 0 Å². The van der Waals surface area contributed by atoms with Crippen LogP contribution in [0.25, 0.3) is 0 Å². The third-order valence-electron chi connectivity index (χ3n) is 5.23. The van der Waals surface area contributed by atoms with Gasteiger partial charge in [0.15, 0.2) is 0 Å². The minimum atomic E-state index is -0.0140. The molecule has 0 aromatic heterocycles. The zero-order chi connectivity index (χ0) is 15.1. The molecule has 1 saturated heterocycles. The number of likely N-dealkylation sites (tertiary alicyclic amines) is 1. The van der Waals surface area contributed by atoms with E-state index in [2.05, 4.69) is 24.0 Å². The van der Waals surface area contributed by atoms with Crippen molar-refractivity contribution in [2.75, 3.05) is 19.7 Å². The van der Waals surface area contributed by atoms with Gasteiger partial charge in [-0.25, -0.2) is 0 Å². The molecule has 0 saturated carbocycles. The Morgan fingerprint density at radius 3 is 2.86 bits per heavy atom. The zero-order valence-electron chi connectivity index (χ0n) is 13.8. The lowest BCUT2D eigenvalue weighted by Crippen LogP contribution is -2.53. The first-order valence-corrected chi connectivity index (χ1v) is 8.76. The second-order valence-corrected chi connectivity index (χ2v) is 6.59. The quantitative estimate of drug-likeness (QED) is 0.549. The summed E-state index contributed by atoms with van der Waals surface area (Å²) in [7, 11) is 0. The third kappa shape index (κ3) is 4.09. The summed E-state index contributed by atoms with van der Waals surface area (Å²) in [4.78, 5) is 14.7. The van der Waals surface area contributed by atoms with Gasteiger partial charge in [0.1, 0.15) is 0 Å². The molecule has 0 amide bonds. The molecule has 1 aliphatic carbocycles. The highest BCUT2D eigenvalue weighted by atomic mass is 16.5. The second-order valence-electron chi connectivity index (χ2n) is 6.59. The van der Waals surface area contributed by atoms with Gasteiger partial charge in [0.25, 0.3) is 0 Å². The van der Waals surface area contributed by atoms with E-state index in [1.807, 2.05) is 6.92 Å².